The molecule has 18 heteroatoms. The number of hydrazine groups is 1. The molecule has 61 heavy (non-hydrogen) atoms. The zero-order valence-corrected chi connectivity index (χ0v) is 32.8. The van der Waals surface area contributed by atoms with Gasteiger partial charge in [-0.1, -0.05) is 30.4 Å². The number of hydrogen-bond donors (Lipinski definition) is 2. The van der Waals surface area contributed by atoms with Crippen LogP contribution in [0, 0.1) is 20.8 Å². The number of aromatic nitrogens is 5. The van der Waals surface area contributed by atoms with Crippen LogP contribution >= 0.6 is 0 Å². The topological polar surface area (TPSA) is 133 Å². The Morgan fingerprint density at radius 1 is 0.902 bits per heavy atom. The predicted octanol–water partition coefficient (Wildman–Crippen LogP) is 8.96. The number of pyridine rings is 2. The van der Waals surface area contributed by atoms with Gasteiger partial charge in [-0.3, -0.25) is 24.6 Å². The molecule has 4 aromatic heterocycles. The van der Waals surface area contributed by atoms with E-state index >= 15 is 0 Å². The lowest BCUT2D eigenvalue weighted by atomic mass is 9.95. The van der Waals surface area contributed by atoms with Gasteiger partial charge in [-0.05, 0) is 87.2 Å². The molecule has 6 heterocycles. The van der Waals surface area contributed by atoms with Gasteiger partial charge < -0.3 is 10.6 Å². The summed E-state index contributed by atoms with van der Waals surface area (Å²) in [4.78, 5) is 45.6. The first-order valence-electron chi connectivity index (χ1n) is 18.7. The lowest BCUT2D eigenvalue weighted by Gasteiger charge is -2.32. The third-order valence-corrected chi connectivity index (χ3v) is 10.4. The van der Waals surface area contributed by atoms with Gasteiger partial charge in [0.2, 0.25) is 0 Å². The van der Waals surface area contributed by atoms with Crippen molar-refractivity contribution in [2.45, 2.75) is 53.0 Å². The van der Waals surface area contributed by atoms with Gasteiger partial charge in [0.1, 0.15) is 11.1 Å². The maximum absolute atomic E-state index is 14.1. The molecule has 0 bridgehead atoms. The van der Waals surface area contributed by atoms with Gasteiger partial charge in [0.15, 0.2) is 11.5 Å². The van der Waals surface area contributed by atoms with Crippen molar-refractivity contribution in [1.29, 1.82) is 0 Å². The first-order valence-corrected chi connectivity index (χ1v) is 18.7. The number of nitrogens with zero attached hydrogens (tertiary/aromatic N) is 8. The third kappa shape index (κ3) is 7.67. The molecular weight excluding hydrogens is 803 g/mol. The number of benzene rings is 1. The molecule has 0 radical (unpaired) electrons. The van der Waals surface area contributed by atoms with Crippen LogP contribution < -0.4 is 10.6 Å². The summed E-state index contributed by atoms with van der Waals surface area (Å²) in [5.74, 6) is -1.09. The quantitative estimate of drug-likeness (QED) is 0.155. The molecule has 1 aromatic carbocycles. The lowest BCUT2D eigenvalue weighted by molar-refractivity contribution is -0.137. The van der Waals surface area contributed by atoms with Crippen molar-refractivity contribution in [1.82, 2.24) is 34.6 Å². The third-order valence-electron chi connectivity index (χ3n) is 10.4. The van der Waals surface area contributed by atoms with Gasteiger partial charge in [0, 0.05) is 47.4 Å². The van der Waals surface area contributed by atoms with Crippen LogP contribution in [0.2, 0.25) is 0 Å². The van der Waals surface area contributed by atoms with Crippen LogP contribution in [-0.4, -0.2) is 58.4 Å². The Morgan fingerprint density at radius 3 is 2.46 bits per heavy atom. The number of amides is 2. The Hall–Kier alpha value is -7.37. The fraction of sp³-hybridized carbons (Fsp3) is 0.186. The van der Waals surface area contributed by atoms with Gasteiger partial charge in [-0.2, -0.15) is 31.4 Å². The first-order chi connectivity index (χ1) is 29.0. The van der Waals surface area contributed by atoms with Gasteiger partial charge in [-0.15, -0.1) is 0 Å². The van der Waals surface area contributed by atoms with Crippen LogP contribution in [0.5, 0.6) is 0 Å². The Balaban J connectivity index is 1.11. The van der Waals surface area contributed by atoms with Crippen LogP contribution in [0.4, 0.5) is 37.7 Å². The summed E-state index contributed by atoms with van der Waals surface area (Å²) >= 11 is 0. The average Bonchev–Trinajstić information content (AvgIpc) is 3.70. The van der Waals surface area contributed by atoms with Gasteiger partial charge in [0.25, 0.3) is 11.8 Å². The standard InChI is InChI=1S/C43H34F6N10O2/c1-23-24(2)51-16-13-33(23)55-41(61)37-26(4)59(58-18-15-35(54-39(37)58)30-10-6-8-12-32(30)43(47,48)49)22-27-19-28(21-50-20-27)52-40(60)36-25(3)56-57-17-14-34(53-38(36)57)29-9-5-7-11-31(29)42(44,45)46/h5-9,11-21H,10,22H2,1-4H3,(H,52,60)(H,51,55,61). The molecule has 2 N–H and O–H groups in total. The minimum Gasteiger partial charge on any atom is -0.321 e. The van der Waals surface area contributed by atoms with Crippen molar-refractivity contribution in [3.05, 3.63) is 160 Å². The second kappa shape index (κ2) is 15.3. The van der Waals surface area contributed by atoms with Crippen molar-refractivity contribution in [2.75, 3.05) is 10.6 Å². The number of halogens is 6. The molecule has 0 saturated carbocycles. The molecule has 2 amide bonds. The van der Waals surface area contributed by atoms with Gasteiger partial charge in [-0.25, -0.2) is 19.5 Å². The number of carbonyl (C=O) groups is 2. The van der Waals surface area contributed by atoms with Crippen LogP contribution in [0.1, 0.15) is 51.8 Å². The van der Waals surface area contributed by atoms with Crippen LogP contribution in [-0.2, 0) is 17.5 Å². The number of aliphatic imine (C=N–C) groups is 1. The number of aryl methyl sites for hydroxylation is 2. The molecule has 0 unspecified atom stereocenters. The van der Waals surface area contributed by atoms with Crippen molar-refractivity contribution < 1.29 is 35.9 Å². The highest BCUT2D eigenvalue weighted by Crippen LogP contribution is 2.40. The minimum absolute atomic E-state index is 0.00280. The summed E-state index contributed by atoms with van der Waals surface area (Å²) in [5.41, 5.74) is 1.77. The highest BCUT2D eigenvalue weighted by molar-refractivity contribution is 6.26. The van der Waals surface area contributed by atoms with Crippen LogP contribution in [0.15, 0.2) is 131 Å². The molecule has 3 aliphatic rings. The van der Waals surface area contributed by atoms with E-state index in [0.717, 1.165) is 17.7 Å². The van der Waals surface area contributed by atoms with E-state index in [1.807, 2.05) is 0 Å². The predicted molar refractivity (Wildman–Crippen MR) is 214 cm³/mol. The monoisotopic (exact) mass is 836 g/mol. The van der Waals surface area contributed by atoms with E-state index < -0.39 is 35.3 Å². The lowest BCUT2D eigenvalue weighted by Crippen LogP contribution is -2.37. The largest absolute Gasteiger partial charge is 0.417 e. The van der Waals surface area contributed by atoms with E-state index in [1.54, 1.807) is 74.5 Å². The van der Waals surface area contributed by atoms with Crippen molar-refractivity contribution in [2.24, 2.45) is 4.99 Å². The zero-order chi connectivity index (χ0) is 43.4. The Bertz CT molecular complexity index is 2850. The molecule has 0 atom stereocenters. The molecule has 2 aliphatic heterocycles. The van der Waals surface area contributed by atoms with Crippen molar-refractivity contribution in [3.63, 3.8) is 0 Å². The van der Waals surface area contributed by atoms with E-state index in [2.05, 4.69) is 35.7 Å². The Kier molecular flexibility index (Phi) is 10.2. The SMILES string of the molecule is CC1=C(C(=O)Nc2ccnc(C)c2C)C2=NC(=C3CC=CC=C3C(F)(F)F)C=CN2N1Cc1cncc(NC(=O)c2c(C)nn3ccc(-c4ccccc4C(F)(F)F)nc23)c1. The summed E-state index contributed by atoms with van der Waals surface area (Å²) in [6, 6.07) is 9.69. The zero-order valence-electron chi connectivity index (χ0n) is 32.8. The van der Waals surface area contributed by atoms with Crippen molar-refractivity contribution in [3.8, 4) is 11.3 Å². The maximum Gasteiger partial charge on any atom is 0.417 e. The first kappa shape index (κ1) is 40.4. The van der Waals surface area contributed by atoms with E-state index in [-0.39, 0.29) is 69.5 Å². The van der Waals surface area contributed by atoms with E-state index in [1.165, 1.54) is 53.3 Å². The van der Waals surface area contributed by atoms with Crippen molar-refractivity contribution >= 4 is 34.7 Å². The molecule has 0 spiro atoms. The highest BCUT2D eigenvalue weighted by atomic mass is 19.4. The highest BCUT2D eigenvalue weighted by Gasteiger charge is 2.41. The number of allylic oxidation sites excluding steroid dienone is 7. The fourth-order valence-corrected chi connectivity index (χ4v) is 7.31. The summed E-state index contributed by atoms with van der Waals surface area (Å²) < 4.78 is 85.3. The summed E-state index contributed by atoms with van der Waals surface area (Å²) in [6.45, 7) is 6.93. The number of nitrogens with one attached hydrogen (secondary N) is 2. The fourth-order valence-electron chi connectivity index (χ4n) is 7.31. The Labute approximate surface area is 344 Å². The molecule has 1 aliphatic carbocycles. The molecule has 8 rings (SSSR count). The normalized spacial score (nSPS) is 16.6. The average molecular weight is 837 g/mol. The minimum atomic E-state index is -4.64. The maximum atomic E-state index is 14.1. The molecule has 0 fully saturated rings. The molecule has 5 aromatic rings. The van der Waals surface area contributed by atoms with E-state index in [4.69, 9.17) is 0 Å². The number of anilines is 2. The number of fused-ring (bicyclic) bond motifs is 2. The smallest absolute Gasteiger partial charge is 0.321 e. The molecule has 0 saturated heterocycles. The number of hydrogen-bond acceptors (Lipinski definition) is 9. The second-order valence-electron chi connectivity index (χ2n) is 14.3. The number of alkyl halides is 6. The second-order valence-corrected chi connectivity index (χ2v) is 14.3. The summed E-state index contributed by atoms with van der Waals surface area (Å²) in [6.07, 6.45) is 3.59. The number of rotatable bonds is 7. The number of amidine groups is 1. The summed E-state index contributed by atoms with van der Waals surface area (Å²) in [5, 5.41) is 13.3. The van der Waals surface area contributed by atoms with E-state index in [0.29, 0.717) is 22.6 Å². The van der Waals surface area contributed by atoms with Gasteiger partial charge >= 0.3 is 12.4 Å². The number of carbonyl (C=O) groups excluding carboxylic acids is 2. The molecule has 310 valence electrons. The molecular formula is C43H34F6N10O2. The van der Waals surface area contributed by atoms with Crippen LogP contribution in [0.3, 0.4) is 0 Å². The van der Waals surface area contributed by atoms with Crippen LogP contribution in [0.25, 0.3) is 16.9 Å². The van der Waals surface area contributed by atoms with E-state index in [9.17, 15) is 35.9 Å². The Morgan fingerprint density at radius 2 is 1.69 bits per heavy atom. The summed E-state index contributed by atoms with van der Waals surface area (Å²) in [7, 11) is 0. The van der Waals surface area contributed by atoms with Gasteiger partial charge in [0.05, 0.1) is 46.7 Å². The molecule has 12 nitrogen and oxygen atoms in total.